The molecule has 1 aliphatic rings. The molecule has 0 amide bonds. The van der Waals surface area contributed by atoms with Crippen molar-refractivity contribution in [2.75, 3.05) is 18.0 Å². The zero-order valence-electron chi connectivity index (χ0n) is 20.4. The van der Waals surface area contributed by atoms with E-state index in [1.807, 2.05) is 32.0 Å². The number of alkyl halides is 6. The van der Waals surface area contributed by atoms with Gasteiger partial charge >= 0.3 is 12.4 Å². The summed E-state index contributed by atoms with van der Waals surface area (Å²) in [7, 11) is 0. The highest BCUT2D eigenvalue weighted by atomic mass is 19.4. The summed E-state index contributed by atoms with van der Waals surface area (Å²) < 4.78 is 86.7. The Kier molecular flexibility index (Phi) is 6.33. The van der Waals surface area contributed by atoms with E-state index >= 15 is 0 Å². The quantitative estimate of drug-likeness (QED) is 0.224. The van der Waals surface area contributed by atoms with Gasteiger partial charge in [-0.3, -0.25) is 0 Å². The lowest BCUT2D eigenvalue weighted by Gasteiger charge is -2.23. The second-order valence-corrected chi connectivity index (χ2v) is 8.88. The molecule has 3 nitrogen and oxygen atoms in total. The first-order valence-corrected chi connectivity index (χ1v) is 12.0. The Hall–Kier alpha value is -4.01. The van der Waals surface area contributed by atoms with Gasteiger partial charge in [0.1, 0.15) is 11.0 Å². The number of rotatable bonds is 4. The highest BCUT2D eigenvalue weighted by Crippen LogP contribution is 2.38. The smallest absolute Gasteiger partial charge is 0.416 e. The minimum Gasteiger partial charge on any atom is -0.453 e. The summed E-state index contributed by atoms with van der Waals surface area (Å²) in [6.45, 7) is 5.67. The van der Waals surface area contributed by atoms with Crippen LogP contribution in [0.3, 0.4) is 0 Å². The maximum Gasteiger partial charge on any atom is 0.416 e. The fourth-order valence-electron chi connectivity index (χ4n) is 4.62. The van der Waals surface area contributed by atoms with Crippen molar-refractivity contribution < 1.29 is 31.1 Å². The summed E-state index contributed by atoms with van der Waals surface area (Å²) in [6.07, 6.45) is -8.57. The van der Waals surface area contributed by atoms with Crippen LogP contribution in [0.4, 0.5) is 37.7 Å². The number of benzene rings is 4. The van der Waals surface area contributed by atoms with Crippen molar-refractivity contribution in [2.24, 2.45) is 4.99 Å². The average molecular weight is 528 g/mol. The molecule has 0 aromatic heterocycles. The summed E-state index contributed by atoms with van der Waals surface area (Å²) in [4.78, 5) is 6.92. The molecule has 196 valence electrons. The second kappa shape index (κ2) is 9.38. The molecule has 0 saturated carbocycles. The van der Waals surface area contributed by atoms with E-state index in [1.165, 1.54) is 6.08 Å². The summed E-state index contributed by atoms with van der Waals surface area (Å²) in [5.74, 6) is 0.878. The van der Waals surface area contributed by atoms with Crippen LogP contribution in [0.5, 0.6) is 11.5 Å². The van der Waals surface area contributed by atoms with E-state index in [1.54, 1.807) is 30.3 Å². The molecule has 9 heteroatoms. The Morgan fingerprint density at radius 2 is 1.39 bits per heavy atom. The third-order valence-corrected chi connectivity index (χ3v) is 6.47. The largest absolute Gasteiger partial charge is 0.453 e. The molecule has 0 spiro atoms. The molecule has 38 heavy (non-hydrogen) atoms. The molecule has 1 heterocycles. The number of hydrogen-bond donors (Lipinski definition) is 0. The first-order valence-electron chi connectivity index (χ1n) is 12.0. The lowest BCUT2D eigenvalue weighted by Crippen LogP contribution is -2.22. The van der Waals surface area contributed by atoms with Crippen LogP contribution in [0.1, 0.15) is 30.5 Å². The Morgan fingerprint density at radius 3 is 2.00 bits per heavy atom. The second-order valence-electron chi connectivity index (χ2n) is 8.88. The molecule has 0 atom stereocenters. The summed E-state index contributed by atoms with van der Waals surface area (Å²) in [5, 5.41) is 2.23. The van der Waals surface area contributed by atoms with Gasteiger partial charge in [0, 0.05) is 30.2 Å². The lowest BCUT2D eigenvalue weighted by molar-refractivity contribution is -0.143. The van der Waals surface area contributed by atoms with E-state index < -0.39 is 23.5 Å². The molecule has 0 saturated heterocycles. The molecule has 0 unspecified atom stereocenters. The number of ether oxygens (including phenoxy) is 1. The van der Waals surface area contributed by atoms with Crippen molar-refractivity contribution in [3.63, 3.8) is 0 Å². The topological polar surface area (TPSA) is 24.8 Å². The number of nitrogens with zero attached hydrogens (tertiary/aromatic N) is 2. The van der Waals surface area contributed by atoms with Crippen LogP contribution < -0.4 is 20.2 Å². The van der Waals surface area contributed by atoms with E-state index in [9.17, 15) is 26.3 Å². The van der Waals surface area contributed by atoms with Gasteiger partial charge in [-0.25, -0.2) is 4.99 Å². The van der Waals surface area contributed by atoms with E-state index in [0.29, 0.717) is 50.7 Å². The van der Waals surface area contributed by atoms with Crippen LogP contribution in [-0.4, -0.2) is 13.1 Å². The Labute approximate surface area is 214 Å². The molecule has 5 rings (SSSR count). The number of fused-ring (bicyclic) bond motifs is 4. The molecular weight excluding hydrogens is 506 g/mol. The minimum atomic E-state index is -4.93. The molecule has 0 radical (unpaired) electrons. The van der Waals surface area contributed by atoms with Gasteiger partial charge in [0.25, 0.3) is 0 Å². The van der Waals surface area contributed by atoms with E-state index in [2.05, 4.69) is 4.90 Å². The molecular formula is C29H22F6N2O. The molecule has 0 bridgehead atoms. The average Bonchev–Trinajstić information content (AvgIpc) is 2.87. The zero-order valence-corrected chi connectivity index (χ0v) is 20.4. The van der Waals surface area contributed by atoms with E-state index in [4.69, 9.17) is 9.73 Å². The van der Waals surface area contributed by atoms with Crippen molar-refractivity contribution in [3.8, 4) is 11.5 Å². The molecule has 0 fully saturated rings. The van der Waals surface area contributed by atoms with Crippen molar-refractivity contribution in [2.45, 2.75) is 26.2 Å². The van der Waals surface area contributed by atoms with Gasteiger partial charge in [-0.05, 0) is 72.5 Å². The minimum absolute atomic E-state index is 0.120. The molecule has 4 aromatic rings. The Balaban J connectivity index is 1.72. The normalized spacial score (nSPS) is 13.5. The van der Waals surface area contributed by atoms with Crippen molar-refractivity contribution in [3.05, 3.63) is 94.0 Å². The molecule has 1 aliphatic heterocycles. The fourth-order valence-corrected chi connectivity index (χ4v) is 4.62. The summed E-state index contributed by atoms with van der Waals surface area (Å²) in [5.41, 5.74) is -1.39. The lowest BCUT2D eigenvalue weighted by atomic mass is 10.0. The molecule has 0 aliphatic carbocycles. The highest BCUT2D eigenvalue weighted by Gasteiger charge is 2.36. The molecule has 4 aromatic carbocycles. The first-order chi connectivity index (χ1) is 18.0. The fraction of sp³-hybridized carbons (Fsp3) is 0.207. The maximum absolute atomic E-state index is 13.4. The van der Waals surface area contributed by atoms with Gasteiger partial charge in [0.05, 0.1) is 11.1 Å². The van der Waals surface area contributed by atoms with Crippen molar-refractivity contribution in [1.82, 2.24) is 0 Å². The monoisotopic (exact) mass is 528 g/mol. The predicted molar refractivity (Wildman–Crippen MR) is 134 cm³/mol. The van der Waals surface area contributed by atoms with Crippen LogP contribution in [0.2, 0.25) is 0 Å². The van der Waals surface area contributed by atoms with Crippen LogP contribution in [0, 0.1) is 0 Å². The summed E-state index contributed by atoms with van der Waals surface area (Å²) in [6, 6.07) is 15.9. The summed E-state index contributed by atoms with van der Waals surface area (Å²) >= 11 is 0. The number of anilines is 1. The van der Waals surface area contributed by atoms with Crippen LogP contribution in [0.25, 0.3) is 16.8 Å². The van der Waals surface area contributed by atoms with Gasteiger partial charge in [-0.2, -0.15) is 26.3 Å². The molecule has 0 N–H and O–H groups in total. The van der Waals surface area contributed by atoms with E-state index in [-0.39, 0.29) is 11.6 Å². The number of halogens is 6. The van der Waals surface area contributed by atoms with E-state index in [0.717, 1.165) is 18.8 Å². The maximum atomic E-state index is 13.4. The van der Waals surface area contributed by atoms with Gasteiger partial charge in [0.2, 0.25) is 0 Å². The Bertz CT molecular complexity index is 1620. The zero-order chi connectivity index (χ0) is 27.2. The van der Waals surface area contributed by atoms with Gasteiger partial charge in [0.15, 0.2) is 11.5 Å². The van der Waals surface area contributed by atoms with Gasteiger partial charge in [-0.15, -0.1) is 0 Å². The standard InChI is InChI=1S/C29H22F6N2O/c1-3-37(4-2)21-9-10-24-25(16-21)38-26-14-18(22-7-5-6-8-23(22)27(26)36-24)11-17-12-19(28(30,31)32)15-20(13-17)29(33,34)35/h5-16H,3-4H2,1-2H3/b18-11-. The predicted octanol–water partition coefficient (Wildman–Crippen LogP) is 7.61. The third kappa shape index (κ3) is 4.80. The van der Waals surface area contributed by atoms with Crippen molar-refractivity contribution >= 4 is 28.2 Å². The van der Waals surface area contributed by atoms with Gasteiger partial charge in [-0.1, -0.05) is 24.3 Å². The van der Waals surface area contributed by atoms with Crippen LogP contribution in [0.15, 0.2) is 71.7 Å². The SMILES string of the molecule is CCN(CC)c1ccc2c(c1)Oc1c/c(=C/c3cc(C(F)(F)F)cc(C(F)(F)F)c3)c3ccccc3c1=N2. The highest BCUT2D eigenvalue weighted by molar-refractivity contribution is 5.86. The van der Waals surface area contributed by atoms with Crippen LogP contribution in [-0.2, 0) is 12.4 Å². The Morgan fingerprint density at radius 1 is 0.763 bits per heavy atom. The van der Waals surface area contributed by atoms with Gasteiger partial charge < -0.3 is 9.64 Å². The first kappa shape index (κ1) is 25.6. The van der Waals surface area contributed by atoms with Crippen molar-refractivity contribution in [1.29, 1.82) is 0 Å². The van der Waals surface area contributed by atoms with Crippen LogP contribution >= 0.6 is 0 Å². The third-order valence-electron chi connectivity index (χ3n) is 6.47. The number of hydrogen-bond acceptors (Lipinski definition) is 3.